The molecule has 0 aliphatic carbocycles. The third-order valence-corrected chi connectivity index (χ3v) is 5.40. The Balaban J connectivity index is 2.28. The van der Waals surface area contributed by atoms with Gasteiger partial charge in [0.2, 0.25) is 5.12 Å². The van der Waals surface area contributed by atoms with Crippen LogP contribution in [0.2, 0.25) is 0 Å². The van der Waals surface area contributed by atoms with Crippen molar-refractivity contribution in [2.75, 3.05) is 25.4 Å². The summed E-state index contributed by atoms with van der Waals surface area (Å²) in [5.41, 5.74) is 0.633. The molecular formula is C21H27NO2S. The minimum atomic E-state index is -1.62. The highest BCUT2D eigenvalue weighted by Crippen LogP contribution is 2.34. The van der Waals surface area contributed by atoms with E-state index in [-0.39, 0.29) is 5.12 Å². The molecule has 0 bridgehead atoms. The van der Waals surface area contributed by atoms with Gasteiger partial charge in [0.25, 0.3) is 0 Å². The van der Waals surface area contributed by atoms with Crippen molar-refractivity contribution in [1.29, 1.82) is 0 Å². The van der Waals surface area contributed by atoms with Crippen LogP contribution < -0.4 is 0 Å². The second-order valence-corrected chi connectivity index (χ2v) is 7.18. The van der Waals surface area contributed by atoms with Gasteiger partial charge in [-0.05, 0) is 31.1 Å². The van der Waals surface area contributed by atoms with E-state index in [0.29, 0.717) is 16.9 Å². The number of rotatable bonds is 8. The van der Waals surface area contributed by atoms with Crippen molar-refractivity contribution >= 4 is 16.9 Å². The standard InChI is InChI=1S/C21H27NO2S/c1-4-22(5-2)14-15-25-20(23)21(24,18-11-7-6-8-12-18)19-13-9-10-17(3)16-19/h6-13,16,24H,4-5,14-15H2,1-3H3/t21-/m1/s1. The molecule has 0 fully saturated rings. The van der Waals surface area contributed by atoms with Crippen molar-refractivity contribution in [2.45, 2.75) is 26.4 Å². The van der Waals surface area contributed by atoms with E-state index in [1.807, 2.05) is 61.5 Å². The first-order chi connectivity index (χ1) is 12.0. The van der Waals surface area contributed by atoms with Gasteiger partial charge >= 0.3 is 0 Å². The van der Waals surface area contributed by atoms with E-state index in [0.717, 1.165) is 25.2 Å². The maximum atomic E-state index is 13.0. The van der Waals surface area contributed by atoms with Crippen molar-refractivity contribution in [3.63, 3.8) is 0 Å². The molecule has 0 radical (unpaired) electrons. The summed E-state index contributed by atoms with van der Waals surface area (Å²) in [6.45, 7) is 8.96. The first-order valence-corrected chi connectivity index (χ1v) is 9.75. The number of thioether (sulfide) groups is 1. The predicted molar refractivity (Wildman–Crippen MR) is 106 cm³/mol. The molecule has 0 aliphatic heterocycles. The zero-order chi connectivity index (χ0) is 18.3. The van der Waals surface area contributed by atoms with Gasteiger partial charge < -0.3 is 10.0 Å². The zero-order valence-electron chi connectivity index (χ0n) is 15.2. The smallest absolute Gasteiger partial charge is 0.229 e. The van der Waals surface area contributed by atoms with Crippen LogP contribution in [0.5, 0.6) is 0 Å². The first-order valence-electron chi connectivity index (χ1n) is 8.77. The predicted octanol–water partition coefficient (Wildman–Crippen LogP) is 3.83. The molecule has 0 heterocycles. The summed E-state index contributed by atoms with van der Waals surface area (Å²) in [6, 6.07) is 16.8. The molecule has 2 aromatic carbocycles. The minimum Gasteiger partial charge on any atom is -0.372 e. The Labute approximate surface area is 155 Å². The van der Waals surface area contributed by atoms with E-state index in [1.165, 1.54) is 11.8 Å². The van der Waals surface area contributed by atoms with E-state index in [1.54, 1.807) is 0 Å². The summed E-state index contributed by atoms with van der Waals surface area (Å²) >= 11 is 1.21. The Bertz CT molecular complexity index is 685. The number of aryl methyl sites for hydroxylation is 1. The van der Waals surface area contributed by atoms with Crippen LogP contribution in [0.4, 0.5) is 0 Å². The summed E-state index contributed by atoms with van der Waals surface area (Å²) in [7, 11) is 0. The molecule has 0 saturated carbocycles. The van der Waals surface area contributed by atoms with Crippen LogP contribution in [-0.2, 0) is 10.4 Å². The highest BCUT2D eigenvalue weighted by atomic mass is 32.2. The van der Waals surface area contributed by atoms with Gasteiger partial charge in [0.05, 0.1) is 0 Å². The summed E-state index contributed by atoms with van der Waals surface area (Å²) in [6.07, 6.45) is 0. The topological polar surface area (TPSA) is 40.5 Å². The molecule has 25 heavy (non-hydrogen) atoms. The Morgan fingerprint density at radius 2 is 1.68 bits per heavy atom. The molecule has 4 heteroatoms. The average molecular weight is 358 g/mol. The van der Waals surface area contributed by atoms with Gasteiger partial charge in [-0.3, -0.25) is 4.79 Å². The summed E-state index contributed by atoms with van der Waals surface area (Å²) in [5.74, 6) is 0.668. The van der Waals surface area contributed by atoms with Gasteiger partial charge in [0.15, 0.2) is 5.60 Å². The highest BCUT2D eigenvalue weighted by molar-refractivity contribution is 8.13. The molecule has 1 N–H and O–H groups in total. The molecule has 0 aliphatic rings. The number of hydrogen-bond acceptors (Lipinski definition) is 4. The fourth-order valence-electron chi connectivity index (χ4n) is 2.86. The molecule has 0 unspecified atom stereocenters. The van der Waals surface area contributed by atoms with Crippen LogP contribution >= 0.6 is 11.8 Å². The van der Waals surface area contributed by atoms with E-state index >= 15 is 0 Å². The third kappa shape index (κ3) is 4.72. The summed E-state index contributed by atoms with van der Waals surface area (Å²) in [4.78, 5) is 15.3. The number of hydrogen-bond donors (Lipinski definition) is 1. The molecule has 0 amide bonds. The van der Waals surface area contributed by atoms with E-state index in [4.69, 9.17) is 0 Å². The lowest BCUT2D eigenvalue weighted by molar-refractivity contribution is -0.124. The molecule has 0 aromatic heterocycles. The summed E-state index contributed by atoms with van der Waals surface area (Å²) < 4.78 is 0. The minimum absolute atomic E-state index is 0.226. The van der Waals surface area contributed by atoms with Crippen LogP contribution in [0.15, 0.2) is 54.6 Å². The average Bonchev–Trinajstić information content (AvgIpc) is 2.65. The molecule has 0 spiro atoms. The molecular weight excluding hydrogens is 330 g/mol. The molecule has 2 rings (SSSR count). The number of benzene rings is 2. The van der Waals surface area contributed by atoms with Gasteiger partial charge in [-0.1, -0.05) is 85.8 Å². The third-order valence-electron chi connectivity index (χ3n) is 4.46. The fraction of sp³-hybridized carbons (Fsp3) is 0.381. The Hall–Kier alpha value is -1.62. The van der Waals surface area contributed by atoms with Crippen molar-refractivity contribution < 1.29 is 9.90 Å². The van der Waals surface area contributed by atoms with Gasteiger partial charge in [-0.2, -0.15) is 0 Å². The zero-order valence-corrected chi connectivity index (χ0v) is 16.1. The summed E-state index contributed by atoms with van der Waals surface area (Å²) in [5, 5.41) is 11.2. The second kappa shape index (κ2) is 9.18. The van der Waals surface area contributed by atoms with E-state index < -0.39 is 5.60 Å². The molecule has 1 atom stereocenters. The molecule has 134 valence electrons. The van der Waals surface area contributed by atoms with Gasteiger partial charge in [-0.15, -0.1) is 0 Å². The van der Waals surface area contributed by atoms with Crippen LogP contribution in [0, 0.1) is 6.92 Å². The lowest BCUT2D eigenvalue weighted by atomic mass is 9.87. The quantitative estimate of drug-likeness (QED) is 0.779. The SMILES string of the molecule is CCN(CC)CCSC(=O)[C@@](O)(c1ccccc1)c1cccc(C)c1. The molecule has 3 nitrogen and oxygen atoms in total. The molecule has 2 aromatic rings. The van der Waals surface area contributed by atoms with E-state index in [2.05, 4.69) is 18.7 Å². The Morgan fingerprint density at radius 3 is 2.28 bits per heavy atom. The fourth-order valence-corrected chi connectivity index (χ4v) is 3.84. The number of carbonyl (C=O) groups excluding carboxylic acids is 1. The van der Waals surface area contributed by atoms with Crippen LogP contribution in [-0.4, -0.2) is 40.5 Å². The number of carbonyl (C=O) groups is 1. The van der Waals surface area contributed by atoms with Crippen LogP contribution in [0.1, 0.15) is 30.5 Å². The second-order valence-electron chi connectivity index (χ2n) is 6.11. The lowest BCUT2D eigenvalue weighted by Crippen LogP contribution is -2.36. The van der Waals surface area contributed by atoms with Gasteiger partial charge in [-0.25, -0.2) is 0 Å². The largest absolute Gasteiger partial charge is 0.372 e. The molecule has 0 saturated heterocycles. The van der Waals surface area contributed by atoms with Crippen LogP contribution in [0.25, 0.3) is 0 Å². The van der Waals surface area contributed by atoms with Crippen molar-refractivity contribution in [1.82, 2.24) is 4.90 Å². The van der Waals surface area contributed by atoms with Gasteiger partial charge in [0, 0.05) is 12.3 Å². The van der Waals surface area contributed by atoms with E-state index in [9.17, 15) is 9.90 Å². The number of nitrogens with zero attached hydrogens (tertiary/aromatic N) is 1. The van der Waals surface area contributed by atoms with Crippen LogP contribution in [0.3, 0.4) is 0 Å². The Kier molecular flexibility index (Phi) is 7.24. The van der Waals surface area contributed by atoms with Gasteiger partial charge in [0.1, 0.15) is 0 Å². The lowest BCUT2D eigenvalue weighted by Gasteiger charge is -2.28. The number of aliphatic hydroxyl groups is 1. The van der Waals surface area contributed by atoms with Crippen molar-refractivity contribution in [2.24, 2.45) is 0 Å². The highest BCUT2D eigenvalue weighted by Gasteiger charge is 2.39. The Morgan fingerprint density at radius 1 is 1.04 bits per heavy atom. The maximum absolute atomic E-state index is 13.0. The first kappa shape index (κ1) is 19.7. The van der Waals surface area contributed by atoms with Crippen molar-refractivity contribution in [3.8, 4) is 0 Å². The monoisotopic (exact) mass is 357 g/mol. The normalized spacial score (nSPS) is 13.6. The maximum Gasteiger partial charge on any atom is 0.229 e. The van der Waals surface area contributed by atoms with Crippen molar-refractivity contribution in [3.05, 3.63) is 71.3 Å².